The Bertz CT molecular complexity index is 604. The van der Waals surface area contributed by atoms with Gasteiger partial charge in [-0.2, -0.15) is 0 Å². The van der Waals surface area contributed by atoms with Gasteiger partial charge in [-0.05, 0) is 31.5 Å². The van der Waals surface area contributed by atoms with E-state index < -0.39 is 25.7 Å². The molecule has 0 heterocycles. The Kier molecular flexibility index (Phi) is 5.91. The minimum absolute atomic E-state index is 0.0274. The fraction of sp³-hybridized carbons (Fsp3) is 0.417. The highest BCUT2D eigenvalue weighted by molar-refractivity contribution is 8.13. The van der Waals surface area contributed by atoms with Crippen molar-refractivity contribution in [1.82, 2.24) is 5.32 Å². The number of carbonyl (C=O) groups is 1. The van der Waals surface area contributed by atoms with E-state index in [1.165, 1.54) is 13.0 Å². The third kappa shape index (κ3) is 4.43. The van der Waals surface area contributed by atoms with E-state index in [2.05, 4.69) is 5.32 Å². The van der Waals surface area contributed by atoms with Crippen molar-refractivity contribution in [2.45, 2.75) is 18.7 Å². The van der Waals surface area contributed by atoms with Crippen LogP contribution in [0.3, 0.4) is 0 Å². The molecule has 0 aliphatic carbocycles. The van der Waals surface area contributed by atoms with Crippen LogP contribution in [0.1, 0.15) is 22.8 Å². The van der Waals surface area contributed by atoms with Gasteiger partial charge in [0.25, 0.3) is 15.0 Å². The maximum Gasteiger partial charge on any atom is 0.264 e. The minimum atomic E-state index is -4.25. The zero-order chi connectivity index (χ0) is 15.3. The molecule has 0 aliphatic rings. The Morgan fingerprint density at radius 1 is 1.45 bits per heavy atom. The highest BCUT2D eigenvalue weighted by Crippen LogP contribution is 2.23. The Morgan fingerprint density at radius 2 is 2.10 bits per heavy atom. The number of ether oxygens (including phenoxy) is 1. The average Bonchev–Trinajstić information content (AvgIpc) is 2.36. The molecular weight excluding hydrogens is 309 g/mol. The quantitative estimate of drug-likeness (QED) is 0.640. The number of benzene rings is 1. The van der Waals surface area contributed by atoms with Gasteiger partial charge in [0.15, 0.2) is 0 Å². The number of carbonyl (C=O) groups excluding carboxylic acids is 1. The summed E-state index contributed by atoms with van der Waals surface area (Å²) in [6.45, 7) is 4.32. The Balaban J connectivity index is 2.97. The number of amides is 1. The first kappa shape index (κ1) is 16.9. The number of aryl methyl sites for hydroxylation is 1. The van der Waals surface area contributed by atoms with E-state index >= 15 is 0 Å². The molecule has 0 aromatic heterocycles. The predicted octanol–water partition coefficient (Wildman–Crippen LogP) is 1.83. The van der Waals surface area contributed by atoms with Crippen LogP contribution >= 0.6 is 10.7 Å². The van der Waals surface area contributed by atoms with Crippen molar-refractivity contribution in [3.8, 4) is 0 Å². The van der Waals surface area contributed by atoms with Gasteiger partial charge < -0.3 is 10.1 Å². The lowest BCUT2D eigenvalue weighted by Crippen LogP contribution is -2.27. The molecule has 5 nitrogen and oxygen atoms in total. The molecule has 1 aromatic carbocycles. The second-order valence-corrected chi connectivity index (χ2v) is 6.53. The summed E-state index contributed by atoms with van der Waals surface area (Å²) in [5.74, 6) is -1.47. The number of nitrogens with one attached hydrogen (secondary N) is 1. The zero-order valence-corrected chi connectivity index (χ0v) is 12.6. The number of hydrogen-bond donors (Lipinski definition) is 1. The molecule has 112 valence electrons. The molecule has 1 N–H and O–H groups in total. The van der Waals surface area contributed by atoms with Crippen molar-refractivity contribution in [2.24, 2.45) is 0 Å². The molecule has 0 aliphatic heterocycles. The summed E-state index contributed by atoms with van der Waals surface area (Å²) in [5.41, 5.74) is 0.0568. The topological polar surface area (TPSA) is 72.5 Å². The van der Waals surface area contributed by atoms with Crippen LogP contribution in [0.4, 0.5) is 4.39 Å². The van der Waals surface area contributed by atoms with Gasteiger partial charge in [-0.15, -0.1) is 0 Å². The van der Waals surface area contributed by atoms with E-state index in [4.69, 9.17) is 15.4 Å². The molecule has 8 heteroatoms. The number of halogens is 2. The van der Waals surface area contributed by atoms with E-state index in [1.54, 1.807) is 0 Å². The van der Waals surface area contributed by atoms with Gasteiger partial charge in [-0.25, -0.2) is 12.8 Å². The maximum atomic E-state index is 13.7. The van der Waals surface area contributed by atoms with Gasteiger partial charge >= 0.3 is 0 Å². The lowest BCUT2D eigenvalue weighted by Gasteiger charge is -2.08. The Morgan fingerprint density at radius 3 is 2.65 bits per heavy atom. The molecule has 0 atom stereocenters. The standard InChI is InChI=1S/C12H15ClFNO4S/c1-3-19-5-4-15-12(16)9-6-8(2)11(14)10(7-9)20(13,17)18/h6-7H,3-5H2,1-2H3,(H,15,16). The third-order valence-corrected chi connectivity index (χ3v) is 3.80. The van der Waals surface area contributed by atoms with Gasteiger partial charge in [-0.3, -0.25) is 4.79 Å². The smallest absolute Gasteiger partial charge is 0.264 e. The van der Waals surface area contributed by atoms with E-state index in [-0.39, 0.29) is 17.7 Å². The van der Waals surface area contributed by atoms with Crippen molar-refractivity contribution in [2.75, 3.05) is 19.8 Å². The van der Waals surface area contributed by atoms with Crippen LogP contribution in [0.5, 0.6) is 0 Å². The second kappa shape index (κ2) is 7.01. The third-order valence-electron chi connectivity index (χ3n) is 2.48. The van der Waals surface area contributed by atoms with Crippen LogP contribution in [-0.2, 0) is 13.8 Å². The van der Waals surface area contributed by atoms with Crippen molar-refractivity contribution in [3.63, 3.8) is 0 Å². The van der Waals surface area contributed by atoms with Crippen LogP contribution in [0.2, 0.25) is 0 Å². The zero-order valence-electron chi connectivity index (χ0n) is 11.1. The SMILES string of the molecule is CCOCCNC(=O)c1cc(C)c(F)c(S(=O)(=O)Cl)c1. The highest BCUT2D eigenvalue weighted by Gasteiger charge is 2.21. The molecule has 0 fully saturated rings. The number of rotatable bonds is 6. The summed E-state index contributed by atoms with van der Waals surface area (Å²) >= 11 is 0. The van der Waals surface area contributed by atoms with Gasteiger partial charge in [0, 0.05) is 29.4 Å². The first-order valence-corrected chi connectivity index (χ1v) is 8.19. The fourth-order valence-electron chi connectivity index (χ4n) is 1.53. The molecule has 0 spiro atoms. The van der Waals surface area contributed by atoms with E-state index in [1.807, 2.05) is 6.92 Å². The molecule has 0 saturated heterocycles. The summed E-state index contributed by atoms with van der Waals surface area (Å²) in [5, 5.41) is 2.53. The van der Waals surface area contributed by atoms with Gasteiger partial charge in [0.1, 0.15) is 10.7 Å². The normalized spacial score (nSPS) is 11.4. The first-order chi connectivity index (χ1) is 9.27. The van der Waals surface area contributed by atoms with Gasteiger partial charge in [0.2, 0.25) is 0 Å². The highest BCUT2D eigenvalue weighted by atomic mass is 35.7. The molecule has 1 aromatic rings. The minimum Gasteiger partial charge on any atom is -0.380 e. The summed E-state index contributed by atoms with van der Waals surface area (Å²) < 4.78 is 41.2. The first-order valence-electron chi connectivity index (χ1n) is 5.88. The Labute approximate surface area is 121 Å². The number of hydrogen-bond acceptors (Lipinski definition) is 4. The van der Waals surface area contributed by atoms with Crippen LogP contribution in [0, 0.1) is 12.7 Å². The summed E-state index contributed by atoms with van der Waals surface area (Å²) in [7, 11) is 0.890. The molecule has 1 rings (SSSR count). The molecule has 0 radical (unpaired) electrons. The van der Waals surface area contributed by atoms with Gasteiger partial charge in [-0.1, -0.05) is 0 Å². The molecule has 0 saturated carbocycles. The summed E-state index contributed by atoms with van der Waals surface area (Å²) in [4.78, 5) is 11.1. The average molecular weight is 324 g/mol. The van der Waals surface area contributed by atoms with Crippen molar-refractivity contribution in [1.29, 1.82) is 0 Å². The Hall–Kier alpha value is -1.18. The van der Waals surface area contributed by atoms with Crippen LogP contribution in [0.25, 0.3) is 0 Å². The van der Waals surface area contributed by atoms with E-state index in [0.29, 0.717) is 13.2 Å². The predicted molar refractivity (Wildman–Crippen MR) is 73.0 cm³/mol. The lowest BCUT2D eigenvalue weighted by molar-refractivity contribution is 0.0922. The summed E-state index contributed by atoms with van der Waals surface area (Å²) in [6.07, 6.45) is 0. The largest absolute Gasteiger partial charge is 0.380 e. The van der Waals surface area contributed by atoms with E-state index in [0.717, 1.165) is 6.07 Å². The lowest BCUT2D eigenvalue weighted by atomic mass is 10.1. The van der Waals surface area contributed by atoms with Crippen LogP contribution in [0.15, 0.2) is 17.0 Å². The van der Waals surface area contributed by atoms with Crippen molar-refractivity contribution < 1.29 is 22.3 Å². The second-order valence-electron chi connectivity index (χ2n) is 4.00. The molecule has 20 heavy (non-hydrogen) atoms. The molecule has 0 unspecified atom stereocenters. The summed E-state index contributed by atoms with van der Waals surface area (Å²) in [6, 6.07) is 2.18. The van der Waals surface area contributed by atoms with Crippen molar-refractivity contribution >= 4 is 25.6 Å². The molecular formula is C12H15ClFNO4S. The van der Waals surface area contributed by atoms with Crippen LogP contribution in [-0.4, -0.2) is 34.1 Å². The fourth-order valence-corrected chi connectivity index (χ4v) is 2.51. The maximum absolute atomic E-state index is 13.7. The van der Waals surface area contributed by atoms with Crippen molar-refractivity contribution in [3.05, 3.63) is 29.1 Å². The molecule has 0 bridgehead atoms. The van der Waals surface area contributed by atoms with E-state index in [9.17, 15) is 17.6 Å². The molecule has 1 amide bonds. The van der Waals surface area contributed by atoms with Gasteiger partial charge in [0.05, 0.1) is 6.61 Å². The van der Waals surface area contributed by atoms with Crippen LogP contribution < -0.4 is 5.32 Å². The monoisotopic (exact) mass is 323 g/mol.